The maximum atomic E-state index is 13.7. The summed E-state index contributed by atoms with van der Waals surface area (Å²) in [6, 6.07) is 7.37. The van der Waals surface area contributed by atoms with Crippen LogP contribution in [-0.2, 0) is 26.2 Å². The predicted octanol–water partition coefficient (Wildman–Crippen LogP) is 3.98. The van der Waals surface area contributed by atoms with Crippen molar-refractivity contribution in [3.05, 3.63) is 65.5 Å². The van der Waals surface area contributed by atoms with Crippen molar-refractivity contribution in [3.8, 4) is 0 Å². The average molecular weight is 528 g/mol. The van der Waals surface area contributed by atoms with E-state index in [-0.39, 0.29) is 43.6 Å². The summed E-state index contributed by atoms with van der Waals surface area (Å²) in [4.78, 5) is 27.3. The molecule has 0 spiro atoms. The number of carbonyl (C=O) groups excluding carboxylic acids is 2. The first-order valence-corrected chi connectivity index (χ1v) is 13.4. The molecule has 0 aliphatic heterocycles. The molecule has 0 saturated carbocycles. The molecule has 11 heteroatoms. The fourth-order valence-electron chi connectivity index (χ4n) is 3.48. The second-order valence-electron chi connectivity index (χ2n) is 8.68. The second kappa shape index (κ2) is 12.8. The molecule has 36 heavy (non-hydrogen) atoms. The maximum absolute atomic E-state index is 13.7. The van der Waals surface area contributed by atoms with Gasteiger partial charge in [-0.2, -0.15) is 0 Å². The van der Waals surface area contributed by atoms with Crippen molar-refractivity contribution in [2.24, 2.45) is 0 Å². The Morgan fingerprint density at radius 2 is 1.64 bits per heavy atom. The number of anilines is 1. The van der Waals surface area contributed by atoms with Gasteiger partial charge in [0.25, 0.3) is 0 Å². The number of hydrogen-bond acceptors (Lipinski definition) is 4. The fourth-order valence-corrected chi connectivity index (χ4v) is 4.44. The highest BCUT2D eigenvalue weighted by atomic mass is 32.2. The van der Waals surface area contributed by atoms with Gasteiger partial charge < -0.3 is 10.2 Å². The smallest absolute Gasteiger partial charge is 0.242 e. The summed E-state index contributed by atoms with van der Waals surface area (Å²) in [5.41, 5.74) is 0.556. The van der Waals surface area contributed by atoms with Gasteiger partial charge >= 0.3 is 0 Å². The van der Waals surface area contributed by atoms with Gasteiger partial charge in [0, 0.05) is 31.6 Å². The molecule has 0 aliphatic rings. The Morgan fingerprint density at radius 3 is 2.19 bits per heavy atom. The Bertz CT molecular complexity index is 1160. The van der Waals surface area contributed by atoms with Gasteiger partial charge in [-0.3, -0.25) is 13.9 Å². The van der Waals surface area contributed by atoms with Crippen LogP contribution >= 0.6 is 0 Å². The first-order valence-electron chi connectivity index (χ1n) is 11.6. The normalized spacial score (nSPS) is 13.1. The minimum atomic E-state index is -3.84. The molecule has 0 fully saturated rings. The minimum absolute atomic E-state index is 0.0488. The molecule has 7 nitrogen and oxygen atoms in total. The van der Waals surface area contributed by atoms with Crippen LogP contribution in [0.25, 0.3) is 0 Å². The highest BCUT2D eigenvalue weighted by Gasteiger charge is 2.27. The molecule has 2 aromatic carbocycles. The first kappa shape index (κ1) is 29.2. The van der Waals surface area contributed by atoms with E-state index < -0.39 is 39.4 Å². The lowest BCUT2D eigenvalue weighted by Gasteiger charge is -2.30. The van der Waals surface area contributed by atoms with Gasteiger partial charge in [0.2, 0.25) is 21.8 Å². The van der Waals surface area contributed by atoms with Crippen LogP contribution in [0.3, 0.4) is 0 Å². The topological polar surface area (TPSA) is 86.8 Å². The number of amides is 2. The average Bonchev–Trinajstić information content (AvgIpc) is 2.81. The van der Waals surface area contributed by atoms with E-state index in [0.29, 0.717) is 12.0 Å². The van der Waals surface area contributed by atoms with E-state index in [2.05, 4.69) is 5.32 Å². The molecule has 0 saturated heterocycles. The molecule has 0 heterocycles. The predicted molar refractivity (Wildman–Crippen MR) is 132 cm³/mol. The largest absolute Gasteiger partial charge is 0.352 e. The van der Waals surface area contributed by atoms with Crippen LogP contribution in [0.2, 0.25) is 0 Å². The molecule has 0 bridgehead atoms. The van der Waals surface area contributed by atoms with Crippen LogP contribution in [0.5, 0.6) is 0 Å². The number of halogens is 3. The molecule has 198 valence electrons. The van der Waals surface area contributed by atoms with Crippen molar-refractivity contribution in [1.82, 2.24) is 10.2 Å². The van der Waals surface area contributed by atoms with E-state index >= 15 is 0 Å². The van der Waals surface area contributed by atoms with Crippen molar-refractivity contribution in [2.75, 3.05) is 17.1 Å². The summed E-state index contributed by atoms with van der Waals surface area (Å²) in [5.74, 6) is -3.49. The first-order chi connectivity index (χ1) is 16.8. The number of carbonyl (C=O) groups is 2. The molecule has 2 rings (SSSR count). The standard InChI is InChI=1S/C25H32F3N3O4S/c1-5-17(2)29-25(33)18(3)30(16-19-8-10-20(26)11-9-19)24(32)7-6-14-31(36(4,34)35)21-12-13-22(27)23(28)15-21/h8-13,15,17-18H,5-7,14,16H2,1-4H3,(H,29,33)/t17-,18-/m1/s1. The number of nitrogens with one attached hydrogen (secondary N) is 1. The second-order valence-corrected chi connectivity index (χ2v) is 10.6. The third-order valence-electron chi connectivity index (χ3n) is 5.78. The highest BCUT2D eigenvalue weighted by Crippen LogP contribution is 2.21. The zero-order chi connectivity index (χ0) is 27.0. The summed E-state index contributed by atoms with van der Waals surface area (Å²) in [7, 11) is -3.84. The van der Waals surface area contributed by atoms with Crippen molar-refractivity contribution in [3.63, 3.8) is 0 Å². The lowest BCUT2D eigenvalue weighted by atomic mass is 10.1. The van der Waals surface area contributed by atoms with Gasteiger partial charge in [-0.05, 0) is 56.5 Å². The lowest BCUT2D eigenvalue weighted by Crippen LogP contribution is -2.49. The van der Waals surface area contributed by atoms with E-state index in [0.717, 1.165) is 28.8 Å². The van der Waals surface area contributed by atoms with Crippen molar-refractivity contribution >= 4 is 27.5 Å². The van der Waals surface area contributed by atoms with Crippen LogP contribution in [0.4, 0.5) is 18.9 Å². The van der Waals surface area contributed by atoms with E-state index in [4.69, 9.17) is 0 Å². The molecular formula is C25H32F3N3O4S. The van der Waals surface area contributed by atoms with Crippen molar-refractivity contribution in [2.45, 2.75) is 58.7 Å². The maximum Gasteiger partial charge on any atom is 0.242 e. The Morgan fingerprint density at radius 1 is 1.00 bits per heavy atom. The van der Waals surface area contributed by atoms with E-state index in [9.17, 15) is 31.2 Å². The van der Waals surface area contributed by atoms with Gasteiger partial charge in [0.05, 0.1) is 11.9 Å². The number of sulfonamides is 1. The number of nitrogens with zero attached hydrogens (tertiary/aromatic N) is 2. The fraction of sp³-hybridized carbons (Fsp3) is 0.440. The lowest BCUT2D eigenvalue weighted by molar-refractivity contribution is -0.140. The van der Waals surface area contributed by atoms with Gasteiger partial charge in [0.15, 0.2) is 11.6 Å². The van der Waals surface area contributed by atoms with Gasteiger partial charge in [-0.1, -0.05) is 19.1 Å². The third kappa shape index (κ3) is 8.25. The molecule has 2 aromatic rings. The molecular weight excluding hydrogens is 495 g/mol. The summed E-state index contributed by atoms with van der Waals surface area (Å²) < 4.78 is 65.7. The summed E-state index contributed by atoms with van der Waals surface area (Å²) in [5, 5.41) is 2.84. The van der Waals surface area contributed by atoms with E-state index in [1.165, 1.54) is 29.2 Å². The van der Waals surface area contributed by atoms with Gasteiger partial charge in [-0.15, -0.1) is 0 Å². The van der Waals surface area contributed by atoms with Gasteiger partial charge in [0.1, 0.15) is 11.9 Å². The van der Waals surface area contributed by atoms with Gasteiger partial charge in [-0.25, -0.2) is 21.6 Å². The van der Waals surface area contributed by atoms with E-state index in [1.807, 2.05) is 13.8 Å². The summed E-state index contributed by atoms with van der Waals surface area (Å²) >= 11 is 0. The highest BCUT2D eigenvalue weighted by molar-refractivity contribution is 7.92. The molecule has 1 N–H and O–H groups in total. The Balaban J connectivity index is 2.18. The number of rotatable bonds is 12. The molecule has 0 aliphatic carbocycles. The molecule has 2 amide bonds. The van der Waals surface area contributed by atoms with Crippen LogP contribution in [0.15, 0.2) is 42.5 Å². The number of hydrogen-bond donors (Lipinski definition) is 1. The van der Waals surface area contributed by atoms with Crippen molar-refractivity contribution < 1.29 is 31.2 Å². The zero-order valence-corrected chi connectivity index (χ0v) is 21.6. The van der Waals surface area contributed by atoms with Crippen LogP contribution < -0.4 is 9.62 Å². The molecule has 0 unspecified atom stereocenters. The Kier molecular flexibility index (Phi) is 10.3. The quantitative estimate of drug-likeness (QED) is 0.452. The summed E-state index contributed by atoms with van der Waals surface area (Å²) in [6.45, 7) is 5.23. The third-order valence-corrected chi connectivity index (χ3v) is 6.97. The number of benzene rings is 2. The zero-order valence-electron chi connectivity index (χ0n) is 20.8. The van der Waals surface area contributed by atoms with Crippen LogP contribution in [0, 0.1) is 17.5 Å². The van der Waals surface area contributed by atoms with E-state index in [1.54, 1.807) is 6.92 Å². The molecule has 0 aromatic heterocycles. The Hall–Kier alpha value is -3.08. The van der Waals surface area contributed by atoms with Crippen molar-refractivity contribution in [1.29, 1.82) is 0 Å². The molecule has 0 radical (unpaired) electrons. The van der Waals surface area contributed by atoms with Crippen LogP contribution in [0.1, 0.15) is 45.6 Å². The SMILES string of the molecule is CC[C@@H](C)NC(=O)[C@@H](C)N(Cc1ccc(F)cc1)C(=O)CCCN(c1ccc(F)c(F)c1)S(C)(=O)=O. The minimum Gasteiger partial charge on any atom is -0.352 e. The molecule has 2 atom stereocenters. The van der Waals surface area contributed by atoms with Crippen LogP contribution in [-0.4, -0.2) is 50.0 Å². The summed E-state index contributed by atoms with van der Waals surface area (Å²) in [6.07, 6.45) is 1.58. The monoisotopic (exact) mass is 527 g/mol. The Labute approximate surface area is 210 Å².